The molecule has 1 rings (SSSR count). The Morgan fingerprint density at radius 1 is 1.43 bits per heavy atom. The SMILES string of the molecule is N#CC[C@H](Cc1ccccc1)C(=O)O. The number of hydrogen-bond donors (Lipinski definition) is 1. The first-order chi connectivity index (χ1) is 6.74. The van der Waals surface area contributed by atoms with E-state index >= 15 is 0 Å². The van der Waals surface area contributed by atoms with Crippen molar-refractivity contribution in [3.63, 3.8) is 0 Å². The van der Waals surface area contributed by atoms with Crippen molar-refractivity contribution in [1.82, 2.24) is 0 Å². The molecular formula is C11H11NO2. The highest BCUT2D eigenvalue weighted by atomic mass is 16.4. The largest absolute Gasteiger partial charge is 0.481 e. The van der Waals surface area contributed by atoms with Crippen LogP contribution in [0.5, 0.6) is 0 Å². The molecule has 0 fully saturated rings. The molecule has 0 heterocycles. The van der Waals surface area contributed by atoms with Gasteiger partial charge in [-0.15, -0.1) is 0 Å². The van der Waals surface area contributed by atoms with Crippen molar-refractivity contribution in [2.75, 3.05) is 0 Å². The Bertz CT molecular complexity index is 340. The van der Waals surface area contributed by atoms with Gasteiger partial charge in [0.2, 0.25) is 0 Å². The first kappa shape index (κ1) is 10.3. The molecule has 72 valence electrons. The van der Waals surface area contributed by atoms with Crippen molar-refractivity contribution in [1.29, 1.82) is 5.26 Å². The maximum atomic E-state index is 10.7. The van der Waals surface area contributed by atoms with E-state index in [0.29, 0.717) is 6.42 Å². The summed E-state index contributed by atoms with van der Waals surface area (Å²) in [6.07, 6.45) is 0.480. The van der Waals surface area contributed by atoms with Crippen molar-refractivity contribution < 1.29 is 9.90 Å². The van der Waals surface area contributed by atoms with E-state index in [0.717, 1.165) is 5.56 Å². The molecule has 1 aromatic rings. The summed E-state index contributed by atoms with van der Waals surface area (Å²) in [5.74, 6) is -1.50. The number of hydrogen-bond acceptors (Lipinski definition) is 2. The molecular weight excluding hydrogens is 178 g/mol. The van der Waals surface area contributed by atoms with Gasteiger partial charge in [-0.1, -0.05) is 30.3 Å². The molecule has 0 bridgehead atoms. The zero-order valence-corrected chi connectivity index (χ0v) is 7.68. The molecule has 3 nitrogen and oxygen atoms in total. The van der Waals surface area contributed by atoms with E-state index < -0.39 is 11.9 Å². The molecule has 0 spiro atoms. The Morgan fingerprint density at radius 2 is 2.07 bits per heavy atom. The fourth-order valence-electron chi connectivity index (χ4n) is 1.26. The number of benzene rings is 1. The smallest absolute Gasteiger partial charge is 0.307 e. The van der Waals surface area contributed by atoms with Crippen molar-refractivity contribution >= 4 is 5.97 Å². The predicted molar refractivity (Wildman–Crippen MR) is 51.5 cm³/mol. The van der Waals surface area contributed by atoms with E-state index in [4.69, 9.17) is 10.4 Å². The van der Waals surface area contributed by atoms with E-state index in [2.05, 4.69) is 0 Å². The average Bonchev–Trinajstić information content (AvgIpc) is 2.18. The fraction of sp³-hybridized carbons (Fsp3) is 0.273. The van der Waals surface area contributed by atoms with Gasteiger partial charge >= 0.3 is 5.97 Å². The second kappa shape index (κ2) is 5.03. The highest BCUT2D eigenvalue weighted by Gasteiger charge is 2.16. The lowest BCUT2D eigenvalue weighted by atomic mass is 9.97. The molecule has 1 atom stereocenters. The molecule has 0 aliphatic carbocycles. The van der Waals surface area contributed by atoms with Crippen LogP contribution in [0.15, 0.2) is 30.3 Å². The van der Waals surface area contributed by atoms with Crippen LogP contribution in [0.3, 0.4) is 0 Å². The van der Waals surface area contributed by atoms with Gasteiger partial charge in [-0.25, -0.2) is 0 Å². The number of rotatable bonds is 4. The molecule has 14 heavy (non-hydrogen) atoms. The maximum Gasteiger partial charge on any atom is 0.307 e. The molecule has 1 aromatic carbocycles. The maximum absolute atomic E-state index is 10.7. The molecule has 0 unspecified atom stereocenters. The van der Waals surface area contributed by atoms with Gasteiger partial charge in [-0.05, 0) is 12.0 Å². The molecule has 0 amide bonds. The van der Waals surface area contributed by atoms with Gasteiger partial charge < -0.3 is 5.11 Å². The molecule has 0 aliphatic heterocycles. The second-order valence-electron chi connectivity index (χ2n) is 3.09. The fourth-order valence-corrected chi connectivity index (χ4v) is 1.26. The predicted octanol–water partition coefficient (Wildman–Crippen LogP) is 1.84. The Kier molecular flexibility index (Phi) is 3.69. The van der Waals surface area contributed by atoms with E-state index in [1.165, 1.54) is 0 Å². The van der Waals surface area contributed by atoms with Crippen molar-refractivity contribution in [2.24, 2.45) is 5.92 Å². The Hall–Kier alpha value is -1.82. The van der Waals surface area contributed by atoms with Gasteiger partial charge in [-0.2, -0.15) is 5.26 Å². The summed E-state index contributed by atoms with van der Waals surface area (Å²) in [6, 6.07) is 11.2. The number of carbonyl (C=O) groups is 1. The number of nitriles is 1. The molecule has 0 saturated heterocycles. The van der Waals surface area contributed by atoms with Crippen LogP contribution in [0.1, 0.15) is 12.0 Å². The highest BCUT2D eigenvalue weighted by molar-refractivity contribution is 5.70. The third kappa shape index (κ3) is 2.91. The third-order valence-electron chi connectivity index (χ3n) is 2.01. The van der Waals surface area contributed by atoms with Crippen molar-refractivity contribution in [3.8, 4) is 6.07 Å². The Morgan fingerprint density at radius 3 is 2.57 bits per heavy atom. The number of nitrogens with zero attached hydrogens (tertiary/aromatic N) is 1. The lowest BCUT2D eigenvalue weighted by Gasteiger charge is -2.07. The van der Waals surface area contributed by atoms with E-state index in [1.54, 1.807) is 0 Å². The van der Waals surface area contributed by atoms with Gasteiger partial charge in [0, 0.05) is 6.42 Å². The average molecular weight is 189 g/mol. The van der Waals surface area contributed by atoms with Crippen LogP contribution in [-0.4, -0.2) is 11.1 Å². The van der Waals surface area contributed by atoms with Gasteiger partial charge in [-0.3, -0.25) is 4.79 Å². The molecule has 1 N–H and O–H groups in total. The summed E-state index contributed by atoms with van der Waals surface area (Å²) in [4.78, 5) is 10.7. The van der Waals surface area contributed by atoms with Crippen LogP contribution < -0.4 is 0 Å². The minimum atomic E-state index is -0.907. The number of aliphatic carboxylic acids is 1. The molecule has 0 aromatic heterocycles. The van der Waals surface area contributed by atoms with Crippen LogP contribution in [0, 0.1) is 17.2 Å². The second-order valence-corrected chi connectivity index (χ2v) is 3.09. The highest BCUT2D eigenvalue weighted by Crippen LogP contribution is 2.11. The molecule has 3 heteroatoms. The quantitative estimate of drug-likeness (QED) is 0.786. The normalized spacial score (nSPS) is 11.6. The molecule has 0 radical (unpaired) electrons. The van der Waals surface area contributed by atoms with Gasteiger partial charge in [0.05, 0.1) is 12.0 Å². The zero-order valence-electron chi connectivity index (χ0n) is 7.68. The van der Waals surface area contributed by atoms with Crippen LogP contribution in [0.2, 0.25) is 0 Å². The first-order valence-electron chi connectivity index (χ1n) is 4.37. The summed E-state index contributed by atoms with van der Waals surface area (Å²) < 4.78 is 0. The van der Waals surface area contributed by atoms with Gasteiger partial charge in [0.1, 0.15) is 0 Å². The summed E-state index contributed by atoms with van der Waals surface area (Å²) in [6.45, 7) is 0. The van der Waals surface area contributed by atoms with Crippen LogP contribution in [-0.2, 0) is 11.2 Å². The standard InChI is InChI=1S/C11H11NO2/c12-7-6-10(11(13)14)8-9-4-2-1-3-5-9/h1-5,10H,6,8H2,(H,13,14)/t10-/m1/s1. The monoisotopic (exact) mass is 189 g/mol. The molecule has 0 aliphatic rings. The number of carboxylic acid groups (broad SMARTS) is 1. The van der Waals surface area contributed by atoms with Gasteiger partial charge in [0.25, 0.3) is 0 Å². The third-order valence-corrected chi connectivity index (χ3v) is 2.01. The van der Waals surface area contributed by atoms with E-state index in [-0.39, 0.29) is 6.42 Å². The van der Waals surface area contributed by atoms with Crippen molar-refractivity contribution in [3.05, 3.63) is 35.9 Å². The van der Waals surface area contributed by atoms with Crippen LogP contribution >= 0.6 is 0 Å². The summed E-state index contributed by atoms with van der Waals surface area (Å²) in [5, 5.41) is 17.3. The lowest BCUT2D eigenvalue weighted by molar-refractivity contribution is -0.141. The topological polar surface area (TPSA) is 61.1 Å². The summed E-state index contributed by atoms with van der Waals surface area (Å²) in [7, 11) is 0. The number of carboxylic acids is 1. The molecule has 0 saturated carbocycles. The van der Waals surface area contributed by atoms with Crippen molar-refractivity contribution in [2.45, 2.75) is 12.8 Å². The van der Waals surface area contributed by atoms with E-state index in [1.807, 2.05) is 36.4 Å². The first-order valence-corrected chi connectivity index (χ1v) is 4.37. The van der Waals surface area contributed by atoms with Crippen LogP contribution in [0.25, 0.3) is 0 Å². The summed E-state index contributed by atoms with van der Waals surface area (Å²) >= 11 is 0. The minimum Gasteiger partial charge on any atom is -0.481 e. The summed E-state index contributed by atoms with van der Waals surface area (Å²) in [5.41, 5.74) is 0.954. The lowest BCUT2D eigenvalue weighted by Crippen LogP contribution is -2.15. The Balaban J connectivity index is 2.66. The van der Waals surface area contributed by atoms with Crippen LogP contribution in [0.4, 0.5) is 0 Å². The minimum absolute atomic E-state index is 0.0597. The van der Waals surface area contributed by atoms with Gasteiger partial charge in [0.15, 0.2) is 0 Å². The van der Waals surface area contributed by atoms with E-state index in [9.17, 15) is 4.79 Å². The Labute approximate surface area is 82.6 Å². The zero-order chi connectivity index (χ0) is 10.4.